The van der Waals surface area contributed by atoms with Gasteiger partial charge < -0.3 is 0 Å². The van der Waals surface area contributed by atoms with Crippen molar-refractivity contribution in [1.29, 1.82) is 0 Å². The van der Waals surface area contributed by atoms with Gasteiger partial charge in [-0.1, -0.05) is 17.7 Å². The summed E-state index contributed by atoms with van der Waals surface area (Å²) in [6.07, 6.45) is 6.92. The summed E-state index contributed by atoms with van der Waals surface area (Å²) in [5.74, 6) is 0. The minimum atomic E-state index is -0.381. The van der Waals surface area contributed by atoms with Crippen molar-refractivity contribution in [3.63, 3.8) is 0 Å². The Hall–Kier alpha value is -1.90. The van der Waals surface area contributed by atoms with Crippen molar-refractivity contribution in [2.75, 3.05) is 0 Å². The molecule has 0 aliphatic heterocycles. The van der Waals surface area contributed by atoms with Crippen molar-refractivity contribution in [2.24, 2.45) is 4.99 Å². The van der Waals surface area contributed by atoms with Gasteiger partial charge in [-0.3, -0.25) is 0 Å². The summed E-state index contributed by atoms with van der Waals surface area (Å²) in [6, 6.07) is 7.53. The molecule has 0 bridgehead atoms. The molecule has 1 fully saturated rings. The molecule has 4 nitrogen and oxygen atoms in total. The highest BCUT2D eigenvalue weighted by molar-refractivity contribution is 6.32. The van der Waals surface area contributed by atoms with Gasteiger partial charge in [-0.2, -0.15) is 10.1 Å². The predicted octanol–water partition coefficient (Wildman–Crippen LogP) is 2.85. The molecule has 0 spiro atoms. The molecule has 3 rings (SSSR count). The van der Waals surface area contributed by atoms with Gasteiger partial charge in [-0.05, 0) is 36.6 Å². The Morgan fingerprint density at radius 3 is 2.83 bits per heavy atom. The highest BCUT2D eigenvalue weighted by Crippen LogP contribution is 2.49. The molecule has 0 unspecified atom stereocenters. The van der Waals surface area contributed by atoms with Crippen molar-refractivity contribution < 1.29 is 4.79 Å². The van der Waals surface area contributed by atoms with Crippen molar-refractivity contribution in [3.8, 4) is 5.69 Å². The van der Waals surface area contributed by atoms with Gasteiger partial charge in [0, 0.05) is 12.4 Å². The lowest BCUT2D eigenvalue weighted by molar-refractivity contribution is 0.556. The van der Waals surface area contributed by atoms with E-state index in [1.54, 1.807) is 17.0 Å². The number of carbonyl (C=O) groups excluding carboxylic acids is 1. The molecule has 1 aliphatic rings. The van der Waals surface area contributed by atoms with E-state index < -0.39 is 0 Å². The maximum atomic E-state index is 10.4. The molecule has 0 atom stereocenters. The van der Waals surface area contributed by atoms with Crippen LogP contribution in [0.5, 0.6) is 0 Å². The fourth-order valence-corrected chi connectivity index (χ4v) is 2.33. The van der Waals surface area contributed by atoms with Gasteiger partial charge in [-0.25, -0.2) is 9.48 Å². The van der Waals surface area contributed by atoms with Crippen LogP contribution in [0.1, 0.15) is 18.4 Å². The fraction of sp³-hybridized carbons (Fsp3) is 0.231. The number of benzene rings is 1. The second-order valence-corrected chi connectivity index (χ2v) is 4.76. The van der Waals surface area contributed by atoms with Gasteiger partial charge >= 0.3 is 0 Å². The lowest BCUT2D eigenvalue weighted by Gasteiger charge is -2.11. The smallest absolute Gasteiger partial charge is 0.235 e. The van der Waals surface area contributed by atoms with E-state index in [2.05, 4.69) is 10.1 Å². The third kappa shape index (κ3) is 1.76. The zero-order chi connectivity index (χ0) is 12.6. The number of isocyanates is 1. The van der Waals surface area contributed by atoms with Crippen molar-refractivity contribution in [3.05, 3.63) is 47.2 Å². The fourth-order valence-electron chi connectivity index (χ4n) is 2.06. The van der Waals surface area contributed by atoms with Crippen LogP contribution >= 0.6 is 11.6 Å². The molecule has 0 radical (unpaired) electrons. The number of nitrogens with zero attached hydrogens (tertiary/aromatic N) is 3. The second-order valence-electron chi connectivity index (χ2n) is 4.35. The number of hydrogen-bond acceptors (Lipinski definition) is 3. The normalized spacial score (nSPS) is 16.1. The Kier molecular flexibility index (Phi) is 2.54. The first-order chi connectivity index (χ1) is 8.75. The molecule has 18 heavy (non-hydrogen) atoms. The van der Waals surface area contributed by atoms with E-state index >= 15 is 0 Å². The van der Waals surface area contributed by atoms with Crippen LogP contribution < -0.4 is 0 Å². The van der Waals surface area contributed by atoms with Crippen LogP contribution in [0.15, 0.2) is 41.7 Å². The molecule has 1 aromatic carbocycles. The molecule has 90 valence electrons. The summed E-state index contributed by atoms with van der Waals surface area (Å²) in [6.45, 7) is 0. The first-order valence-corrected chi connectivity index (χ1v) is 6.02. The number of halogens is 1. The van der Waals surface area contributed by atoms with Crippen LogP contribution in [0.4, 0.5) is 0 Å². The number of hydrogen-bond donors (Lipinski definition) is 0. The molecule has 2 aromatic rings. The van der Waals surface area contributed by atoms with Crippen LogP contribution in [-0.4, -0.2) is 15.9 Å². The van der Waals surface area contributed by atoms with Crippen molar-refractivity contribution in [1.82, 2.24) is 9.78 Å². The van der Waals surface area contributed by atoms with E-state index in [1.165, 1.54) is 0 Å². The Morgan fingerprint density at radius 1 is 1.44 bits per heavy atom. The molecule has 1 heterocycles. The predicted molar refractivity (Wildman–Crippen MR) is 67.6 cm³/mol. The van der Waals surface area contributed by atoms with Gasteiger partial charge in [0.1, 0.15) is 0 Å². The number of rotatable bonds is 3. The SMILES string of the molecule is O=C=NC1(c2ccc(-n3cccn3)c(Cl)c2)CC1. The standard InChI is InChI=1S/C13H10ClN3O/c14-11-8-10(13(4-5-13)15-9-18)2-3-12(11)17-7-1-6-16-17/h1-3,6-8H,4-5H2. The second kappa shape index (κ2) is 4.09. The van der Waals surface area contributed by atoms with Crippen LogP contribution in [0.3, 0.4) is 0 Å². The Balaban J connectivity index is 2.02. The monoisotopic (exact) mass is 259 g/mol. The quantitative estimate of drug-likeness (QED) is 0.629. The van der Waals surface area contributed by atoms with E-state index in [0.29, 0.717) is 5.02 Å². The van der Waals surface area contributed by atoms with Gasteiger partial charge in [0.15, 0.2) is 0 Å². The van der Waals surface area contributed by atoms with E-state index in [-0.39, 0.29) is 5.54 Å². The largest absolute Gasteiger partial charge is 0.239 e. The van der Waals surface area contributed by atoms with Gasteiger partial charge in [0.05, 0.1) is 16.2 Å². The summed E-state index contributed by atoms with van der Waals surface area (Å²) < 4.78 is 1.70. The average molecular weight is 260 g/mol. The molecule has 1 aromatic heterocycles. The maximum absolute atomic E-state index is 10.4. The third-order valence-corrected chi connectivity index (χ3v) is 3.52. The van der Waals surface area contributed by atoms with E-state index in [4.69, 9.17) is 11.6 Å². The summed E-state index contributed by atoms with van der Waals surface area (Å²) in [5.41, 5.74) is 1.40. The van der Waals surface area contributed by atoms with E-state index in [9.17, 15) is 4.79 Å². The summed E-state index contributed by atoms with van der Waals surface area (Å²) >= 11 is 6.25. The maximum Gasteiger partial charge on any atom is 0.235 e. The van der Waals surface area contributed by atoms with Crippen molar-refractivity contribution >= 4 is 17.7 Å². The molecule has 0 saturated heterocycles. The molecular weight excluding hydrogens is 250 g/mol. The Morgan fingerprint density at radius 2 is 2.28 bits per heavy atom. The zero-order valence-electron chi connectivity index (χ0n) is 9.51. The average Bonchev–Trinajstić information content (AvgIpc) is 2.95. The highest BCUT2D eigenvalue weighted by atomic mass is 35.5. The number of aromatic nitrogens is 2. The minimum Gasteiger partial charge on any atom is -0.239 e. The molecular formula is C13H10ClN3O. The molecule has 0 N–H and O–H groups in total. The molecule has 0 amide bonds. The van der Waals surface area contributed by atoms with E-state index in [1.807, 2.05) is 30.5 Å². The summed E-state index contributed by atoms with van der Waals surface area (Å²) in [5, 5.41) is 4.74. The lowest BCUT2D eigenvalue weighted by Crippen LogP contribution is -2.03. The Bertz CT molecular complexity index is 626. The van der Waals surface area contributed by atoms with Gasteiger partial charge in [0.25, 0.3) is 0 Å². The van der Waals surface area contributed by atoms with E-state index in [0.717, 1.165) is 24.1 Å². The van der Waals surface area contributed by atoms with Crippen molar-refractivity contribution in [2.45, 2.75) is 18.4 Å². The van der Waals surface area contributed by atoms with Crippen LogP contribution in [0, 0.1) is 0 Å². The van der Waals surface area contributed by atoms with Crippen LogP contribution in [-0.2, 0) is 10.3 Å². The highest BCUT2D eigenvalue weighted by Gasteiger charge is 2.45. The lowest BCUT2D eigenvalue weighted by atomic mass is 10.1. The first kappa shape index (κ1) is 11.2. The minimum absolute atomic E-state index is 0.381. The van der Waals surface area contributed by atoms with Gasteiger partial charge in [0.2, 0.25) is 6.08 Å². The van der Waals surface area contributed by atoms with Gasteiger partial charge in [-0.15, -0.1) is 0 Å². The molecule has 5 heteroatoms. The summed E-state index contributed by atoms with van der Waals surface area (Å²) in [4.78, 5) is 14.3. The third-order valence-electron chi connectivity index (χ3n) is 3.22. The summed E-state index contributed by atoms with van der Waals surface area (Å²) in [7, 11) is 0. The first-order valence-electron chi connectivity index (χ1n) is 5.64. The molecule has 1 saturated carbocycles. The topological polar surface area (TPSA) is 47.2 Å². The zero-order valence-corrected chi connectivity index (χ0v) is 10.3. The molecule has 1 aliphatic carbocycles. The number of aliphatic imine (C=N–C) groups is 1. The van der Waals surface area contributed by atoms with Crippen LogP contribution in [0.2, 0.25) is 5.02 Å². The van der Waals surface area contributed by atoms with Crippen LogP contribution in [0.25, 0.3) is 5.69 Å². The Labute approximate surface area is 109 Å².